The van der Waals surface area contributed by atoms with Gasteiger partial charge in [-0.25, -0.2) is 0 Å². The molecule has 1 aliphatic rings. The first-order valence-corrected chi connectivity index (χ1v) is 7.03. The highest BCUT2D eigenvalue weighted by Crippen LogP contribution is 2.19. The summed E-state index contributed by atoms with van der Waals surface area (Å²) in [5.41, 5.74) is 5.82. The van der Waals surface area contributed by atoms with E-state index in [1.54, 1.807) is 0 Å². The third kappa shape index (κ3) is 5.52. The van der Waals surface area contributed by atoms with Crippen LogP contribution in [-0.2, 0) is 9.53 Å². The van der Waals surface area contributed by atoms with Crippen molar-refractivity contribution in [2.75, 3.05) is 7.11 Å². The molecule has 2 unspecified atom stereocenters. The highest BCUT2D eigenvalue weighted by molar-refractivity contribution is 5.80. The third-order valence-electron chi connectivity index (χ3n) is 3.60. The molecule has 0 aromatic heterocycles. The molecular weight excluding hydrogens is 228 g/mol. The molecule has 2 atom stereocenters. The van der Waals surface area contributed by atoms with Gasteiger partial charge in [0.05, 0.1) is 24.9 Å². The molecule has 0 aromatic carbocycles. The largest absolute Gasteiger partial charge is 0.469 e. The minimum atomic E-state index is -0.105. The molecule has 0 aliphatic carbocycles. The summed E-state index contributed by atoms with van der Waals surface area (Å²) in [7, 11) is 1.45. The van der Waals surface area contributed by atoms with E-state index in [0.29, 0.717) is 6.04 Å². The predicted molar refractivity (Wildman–Crippen MR) is 73.5 cm³/mol. The van der Waals surface area contributed by atoms with E-state index in [9.17, 15) is 4.79 Å². The number of nitrogens with two attached hydrogens (primary N) is 1. The van der Waals surface area contributed by atoms with E-state index in [1.807, 2.05) is 6.92 Å². The highest BCUT2D eigenvalue weighted by atomic mass is 16.5. The topological polar surface area (TPSA) is 64.7 Å². The van der Waals surface area contributed by atoms with E-state index >= 15 is 0 Å². The van der Waals surface area contributed by atoms with Crippen LogP contribution in [0.5, 0.6) is 0 Å². The van der Waals surface area contributed by atoms with Crippen LogP contribution < -0.4 is 5.73 Å². The van der Waals surface area contributed by atoms with Gasteiger partial charge in [0.2, 0.25) is 0 Å². The fraction of sp³-hybridized carbons (Fsp3) is 0.857. The standard InChI is InChI=1S/C14H26N2O2/c1-11(14(17)18-2)7-3-4-8-12-9-5-6-10-13(15)16-12/h11-12H,3-10H2,1-2H3,(H2,15,16). The van der Waals surface area contributed by atoms with Crippen molar-refractivity contribution >= 4 is 11.8 Å². The Morgan fingerprint density at radius 1 is 1.50 bits per heavy atom. The second-order valence-corrected chi connectivity index (χ2v) is 5.23. The lowest BCUT2D eigenvalue weighted by Gasteiger charge is -2.12. The molecule has 1 heterocycles. The summed E-state index contributed by atoms with van der Waals surface area (Å²) in [6, 6.07) is 0.404. The molecule has 4 nitrogen and oxygen atoms in total. The van der Waals surface area contributed by atoms with Crippen LogP contribution in [0.1, 0.15) is 58.3 Å². The maximum atomic E-state index is 11.2. The maximum Gasteiger partial charge on any atom is 0.308 e. The number of hydrogen-bond acceptors (Lipinski definition) is 4. The van der Waals surface area contributed by atoms with Crippen LogP contribution in [0.2, 0.25) is 0 Å². The average Bonchev–Trinajstić information content (AvgIpc) is 2.57. The molecular formula is C14H26N2O2. The van der Waals surface area contributed by atoms with E-state index in [0.717, 1.165) is 44.4 Å². The first kappa shape index (κ1) is 15.0. The Bertz CT molecular complexity index is 290. The van der Waals surface area contributed by atoms with E-state index in [-0.39, 0.29) is 11.9 Å². The smallest absolute Gasteiger partial charge is 0.308 e. The molecule has 0 saturated carbocycles. The van der Waals surface area contributed by atoms with Gasteiger partial charge in [0.1, 0.15) is 0 Å². The maximum absolute atomic E-state index is 11.2. The predicted octanol–water partition coefficient (Wildman–Crippen LogP) is 2.66. The molecule has 0 fully saturated rings. The molecule has 0 aromatic rings. The number of carbonyl (C=O) groups is 1. The SMILES string of the molecule is COC(=O)C(C)CCCCC1CCCCC(N)=N1. The van der Waals surface area contributed by atoms with Crippen LogP contribution in [0.3, 0.4) is 0 Å². The van der Waals surface area contributed by atoms with Gasteiger partial charge in [-0.2, -0.15) is 0 Å². The van der Waals surface area contributed by atoms with Crippen molar-refractivity contribution in [2.45, 2.75) is 64.3 Å². The number of nitrogens with zero attached hydrogens (tertiary/aromatic N) is 1. The monoisotopic (exact) mass is 254 g/mol. The molecule has 1 rings (SSSR count). The zero-order chi connectivity index (χ0) is 13.4. The third-order valence-corrected chi connectivity index (χ3v) is 3.60. The zero-order valence-corrected chi connectivity index (χ0v) is 11.7. The fourth-order valence-corrected chi connectivity index (χ4v) is 2.41. The van der Waals surface area contributed by atoms with Crippen molar-refractivity contribution in [3.8, 4) is 0 Å². The van der Waals surface area contributed by atoms with Crippen molar-refractivity contribution in [2.24, 2.45) is 16.6 Å². The average molecular weight is 254 g/mol. The Morgan fingerprint density at radius 2 is 2.28 bits per heavy atom. The second kappa shape index (κ2) is 8.11. The van der Waals surface area contributed by atoms with E-state index in [4.69, 9.17) is 10.5 Å². The summed E-state index contributed by atoms with van der Waals surface area (Å²) >= 11 is 0. The number of methoxy groups -OCH3 is 1. The molecule has 0 radical (unpaired) electrons. The normalized spacial score (nSPS) is 21.9. The molecule has 0 bridgehead atoms. The first-order valence-electron chi connectivity index (χ1n) is 7.03. The van der Waals surface area contributed by atoms with E-state index < -0.39 is 0 Å². The molecule has 4 heteroatoms. The molecule has 0 amide bonds. The Kier molecular flexibility index (Phi) is 6.76. The van der Waals surface area contributed by atoms with Crippen LogP contribution in [0.25, 0.3) is 0 Å². The van der Waals surface area contributed by atoms with Gasteiger partial charge in [0.15, 0.2) is 0 Å². The Balaban J connectivity index is 2.17. The van der Waals surface area contributed by atoms with Crippen molar-refractivity contribution < 1.29 is 9.53 Å². The van der Waals surface area contributed by atoms with Crippen LogP contribution in [0.15, 0.2) is 4.99 Å². The zero-order valence-electron chi connectivity index (χ0n) is 11.7. The van der Waals surface area contributed by atoms with Gasteiger partial charge in [-0.3, -0.25) is 9.79 Å². The number of carbonyl (C=O) groups excluding carboxylic acids is 1. The Morgan fingerprint density at radius 3 is 3.00 bits per heavy atom. The molecule has 104 valence electrons. The Labute approximate surface area is 110 Å². The lowest BCUT2D eigenvalue weighted by atomic mass is 10.00. The minimum Gasteiger partial charge on any atom is -0.469 e. The summed E-state index contributed by atoms with van der Waals surface area (Å²) in [5.74, 6) is 0.727. The van der Waals surface area contributed by atoms with Crippen molar-refractivity contribution in [1.82, 2.24) is 0 Å². The van der Waals surface area contributed by atoms with Gasteiger partial charge in [-0.05, 0) is 25.7 Å². The fourth-order valence-electron chi connectivity index (χ4n) is 2.41. The van der Waals surface area contributed by atoms with Crippen molar-refractivity contribution in [3.63, 3.8) is 0 Å². The first-order chi connectivity index (χ1) is 8.63. The lowest BCUT2D eigenvalue weighted by molar-refractivity contribution is -0.145. The van der Waals surface area contributed by atoms with Crippen LogP contribution >= 0.6 is 0 Å². The summed E-state index contributed by atoms with van der Waals surface area (Å²) in [5, 5.41) is 0. The van der Waals surface area contributed by atoms with Crippen LogP contribution in [-0.4, -0.2) is 25.0 Å². The van der Waals surface area contributed by atoms with Gasteiger partial charge in [0, 0.05) is 6.42 Å². The molecule has 0 spiro atoms. The summed E-state index contributed by atoms with van der Waals surface area (Å²) in [6.45, 7) is 1.92. The summed E-state index contributed by atoms with van der Waals surface area (Å²) in [6.07, 6.45) is 8.68. The highest BCUT2D eigenvalue weighted by Gasteiger charge is 2.14. The van der Waals surface area contributed by atoms with Crippen molar-refractivity contribution in [1.29, 1.82) is 0 Å². The van der Waals surface area contributed by atoms with Gasteiger partial charge in [-0.1, -0.05) is 26.2 Å². The number of ether oxygens (including phenoxy) is 1. The molecule has 18 heavy (non-hydrogen) atoms. The molecule has 1 aliphatic heterocycles. The number of unbranched alkanes of at least 4 members (excludes halogenated alkanes) is 1. The molecule has 2 N–H and O–H groups in total. The van der Waals surface area contributed by atoms with Crippen LogP contribution in [0.4, 0.5) is 0 Å². The number of amidine groups is 1. The van der Waals surface area contributed by atoms with Crippen molar-refractivity contribution in [3.05, 3.63) is 0 Å². The van der Waals surface area contributed by atoms with Gasteiger partial charge >= 0.3 is 5.97 Å². The summed E-state index contributed by atoms with van der Waals surface area (Å²) in [4.78, 5) is 15.8. The van der Waals surface area contributed by atoms with Crippen LogP contribution in [0, 0.1) is 5.92 Å². The minimum absolute atomic E-state index is 0.0118. The number of aliphatic imine (C=N–C) groups is 1. The van der Waals surface area contributed by atoms with E-state index in [2.05, 4.69) is 4.99 Å². The number of rotatable bonds is 6. The summed E-state index contributed by atoms with van der Waals surface area (Å²) < 4.78 is 4.71. The van der Waals surface area contributed by atoms with E-state index in [1.165, 1.54) is 20.0 Å². The lowest BCUT2D eigenvalue weighted by Crippen LogP contribution is -2.14. The van der Waals surface area contributed by atoms with Gasteiger partial charge in [-0.15, -0.1) is 0 Å². The number of hydrogen-bond donors (Lipinski definition) is 1. The van der Waals surface area contributed by atoms with Gasteiger partial charge < -0.3 is 10.5 Å². The quantitative estimate of drug-likeness (QED) is 0.585. The Hall–Kier alpha value is -1.06. The second-order valence-electron chi connectivity index (χ2n) is 5.23. The van der Waals surface area contributed by atoms with Gasteiger partial charge in [0.25, 0.3) is 0 Å². The molecule has 0 saturated heterocycles. The number of esters is 1.